The molecule has 3 nitrogen and oxygen atoms in total. The van der Waals surface area contributed by atoms with Gasteiger partial charge in [-0.3, -0.25) is 0 Å². The third kappa shape index (κ3) is 2.86. The summed E-state index contributed by atoms with van der Waals surface area (Å²) in [4.78, 5) is 2.41. The SMILES string of the molecule is CCC1(C#Cc2cccc3c2COCCN3C(C)C)COC1. The first-order valence-corrected chi connectivity index (χ1v) is 8.22. The molecule has 2 aliphatic rings. The van der Waals surface area contributed by atoms with E-state index in [1.165, 1.54) is 11.3 Å². The Morgan fingerprint density at radius 1 is 1.27 bits per heavy atom. The second kappa shape index (κ2) is 6.32. The Hall–Kier alpha value is -1.50. The van der Waals surface area contributed by atoms with Crippen LogP contribution in [0.4, 0.5) is 5.69 Å². The minimum Gasteiger partial charge on any atom is -0.378 e. The fraction of sp³-hybridized carbons (Fsp3) is 0.579. The van der Waals surface area contributed by atoms with E-state index >= 15 is 0 Å². The summed E-state index contributed by atoms with van der Waals surface area (Å²) >= 11 is 0. The van der Waals surface area contributed by atoms with Crippen LogP contribution < -0.4 is 4.90 Å². The van der Waals surface area contributed by atoms with Gasteiger partial charge in [0.2, 0.25) is 0 Å². The summed E-state index contributed by atoms with van der Waals surface area (Å²) in [5.41, 5.74) is 3.67. The minimum absolute atomic E-state index is 0.0616. The van der Waals surface area contributed by atoms with Gasteiger partial charge in [0, 0.05) is 29.4 Å². The quantitative estimate of drug-likeness (QED) is 0.783. The average Bonchev–Trinajstić information content (AvgIpc) is 2.69. The van der Waals surface area contributed by atoms with Gasteiger partial charge >= 0.3 is 0 Å². The highest BCUT2D eigenvalue weighted by Crippen LogP contribution is 2.32. The molecular weight excluding hydrogens is 274 g/mol. The summed E-state index contributed by atoms with van der Waals surface area (Å²) < 4.78 is 11.2. The van der Waals surface area contributed by atoms with Crippen molar-refractivity contribution < 1.29 is 9.47 Å². The van der Waals surface area contributed by atoms with Crippen molar-refractivity contribution in [1.29, 1.82) is 0 Å². The van der Waals surface area contributed by atoms with E-state index in [1.54, 1.807) is 0 Å². The molecule has 1 aromatic carbocycles. The number of nitrogens with zero attached hydrogens (tertiary/aromatic N) is 1. The first-order chi connectivity index (χ1) is 10.7. The number of fused-ring (bicyclic) bond motifs is 1. The van der Waals surface area contributed by atoms with Gasteiger partial charge < -0.3 is 14.4 Å². The van der Waals surface area contributed by atoms with Crippen LogP contribution in [0.1, 0.15) is 38.3 Å². The van der Waals surface area contributed by atoms with E-state index in [0.717, 1.165) is 38.3 Å². The van der Waals surface area contributed by atoms with Crippen LogP contribution in [0.5, 0.6) is 0 Å². The zero-order valence-corrected chi connectivity index (χ0v) is 13.8. The molecule has 0 aromatic heterocycles. The summed E-state index contributed by atoms with van der Waals surface area (Å²) in [6.45, 7) is 10.5. The van der Waals surface area contributed by atoms with Crippen LogP contribution in [0.3, 0.4) is 0 Å². The van der Waals surface area contributed by atoms with Crippen LogP contribution in [0, 0.1) is 17.3 Å². The summed E-state index contributed by atoms with van der Waals surface area (Å²) in [7, 11) is 0. The molecule has 2 aliphatic heterocycles. The van der Waals surface area contributed by atoms with Gasteiger partial charge in [-0.1, -0.05) is 24.8 Å². The summed E-state index contributed by atoms with van der Waals surface area (Å²) in [6.07, 6.45) is 1.05. The lowest BCUT2D eigenvalue weighted by atomic mass is 9.83. The van der Waals surface area contributed by atoms with E-state index in [1.807, 2.05) is 0 Å². The summed E-state index contributed by atoms with van der Waals surface area (Å²) in [6, 6.07) is 6.88. The Morgan fingerprint density at radius 3 is 2.73 bits per heavy atom. The second-order valence-electron chi connectivity index (χ2n) is 6.52. The van der Waals surface area contributed by atoms with E-state index in [4.69, 9.17) is 9.47 Å². The Kier molecular flexibility index (Phi) is 4.42. The Morgan fingerprint density at radius 2 is 2.09 bits per heavy atom. The Labute approximate surface area is 133 Å². The zero-order chi connectivity index (χ0) is 15.6. The molecule has 0 atom stereocenters. The topological polar surface area (TPSA) is 21.7 Å². The van der Waals surface area contributed by atoms with Crippen LogP contribution in [0.15, 0.2) is 18.2 Å². The predicted molar refractivity (Wildman–Crippen MR) is 89.0 cm³/mol. The van der Waals surface area contributed by atoms with Crippen molar-refractivity contribution >= 4 is 5.69 Å². The molecule has 0 radical (unpaired) electrons. The van der Waals surface area contributed by atoms with Crippen molar-refractivity contribution in [2.45, 2.75) is 39.8 Å². The van der Waals surface area contributed by atoms with Crippen molar-refractivity contribution in [3.63, 3.8) is 0 Å². The summed E-state index contributed by atoms with van der Waals surface area (Å²) in [5, 5.41) is 0. The lowest BCUT2D eigenvalue weighted by Crippen LogP contribution is -2.40. The van der Waals surface area contributed by atoms with Crippen molar-refractivity contribution in [2.24, 2.45) is 5.41 Å². The minimum atomic E-state index is 0.0616. The second-order valence-corrected chi connectivity index (χ2v) is 6.52. The van der Waals surface area contributed by atoms with Crippen molar-refractivity contribution in [2.75, 3.05) is 31.3 Å². The van der Waals surface area contributed by atoms with Crippen LogP contribution in [0.2, 0.25) is 0 Å². The molecule has 118 valence electrons. The van der Waals surface area contributed by atoms with Gasteiger partial charge in [0.05, 0.1) is 31.8 Å². The average molecular weight is 299 g/mol. The smallest absolute Gasteiger partial charge is 0.0781 e. The van der Waals surface area contributed by atoms with E-state index in [-0.39, 0.29) is 5.41 Å². The maximum absolute atomic E-state index is 5.81. The molecule has 1 saturated heterocycles. The van der Waals surface area contributed by atoms with Gasteiger partial charge in [-0.15, -0.1) is 0 Å². The lowest BCUT2D eigenvalue weighted by Gasteiger charge is -2.35. The first-order valence-electron chi connectivity index (χ1n) is 8.22. The van der Waals surface area contributed by atoms with Crippen LogP contribution in [-0.2, 0) is 16.1 Å². The Bertz CT molecular complexity index is 588. The molecule has 1 aromatic rings. The van der Waals surface area contributed by atoms with Crippen molar-refractivity contribution in [3.05, 3.63) is 29.3 Å². The third-order valence-corrected chi connectivity index (χ3v) is 4.70. The van der Waals surface area contributed by atoms with Gasteiger partial charge in [0.15, 0.2) is 0 Å². The van der Waals surface area contributed by atoms with Crippen LogP contribution >= 0.6 is 0 Å². The van der Waals surface area contributed by atoms with E-state index in [2.05, 4.69) is 55.7 Å². The number of benzene rings is 1. The van der Waals surface area contributed by atoms with Crippen LogP contribution in [0.25, 0.3) is 0 Å². The molecule has 0 N–H and O–H groups in total. The molecule has 1 fully saturated rings. The zero-order valence-electron chi connectivity index (χ0n) is 13.8. The van der Waals surface area contributed by atoms with E-state index < -0.39 is 0 Å². The highest BCUT2D eigenvalue weighted by Gasteiger charge is 2.34. The number of rotatable bonds is 2. The fourth-order valence-electron chi connectivity index (χ4n) is 3.02. The number of hydrogen-bond donors (Lipinski definition) is 0. The monoisotopic (exact) mass is 299 g/mol. The predicted octanol–water partition coefficient (Wildman–Crippen LogP) is 3.21. The maximum atomic E-state index is 5.81. The molecule has 3 rings (SSSR count). The highest BCUT2D eigenvalue weighted by atomic mass is 16.5. The molecule has 0 bridgehead atoms. The van der Waals surface area contributed by atoms with Crippen LogP contribution in [-0.4, -0.2) is 32.4 Å². The summed E-state index contributed by atoms with van der Waals surface area (Å²) in [5.74, 6) is 6.88. The molecular formula is C19H25NO2. The van der Waals surface area contributed by atoms with Crippen molar-refractivity contribution in [1.82, 2.24) is 0 Å². The molecule has 22 heavy (non-hydrogen) atoms. The van der Waals surface area contributed by atoms with E-state index in [0.29, 0.717) is 12.6 Å². The van der Waals surface area contributed by atoms with Gasteiger partial charge in [0.1, 0.15) is 0 Å². The standard InChI is InChI=1S/C19H25NO2/c1-4-19(13-22-14-19)9-8-16-6-5-7-18-17(16)12-21-11-10-20(18)15(2)3/h5-7,15H,4,10-14H2,1-3H3. The molecule has 0 amide bonds. The maximum Gasteiger partial charge on any atom is 0.0781 e. The van der Waals surface area contributed by atoms with Gasteiger partial charge in [-0.05, 0) is 32.4 Å². The Balaban J connectivity index is 1.97. The molecule has 2 heterocycles. The normalized spacial score (nSPS) is 19.7. The van der Waals surface area contributed by atoms with Gasteiger partial charge in [-0.25, -0.2) is 0 Å². The van der Waals surface area contributed by atoms with Gasteiger partial charge in [-0.2, -0.15) is 0 Å². The third-order valence-electron chi connectivity index (χ3n) is 4.70. The number of ether oxygens (including phenoxy) is 2. The molecule has 3 heteroatoms. The first kappa shape index (κ1) is 15.4. The van der Waals surface area contributed by atoms with E-state index in [9.17, 15) is 0 Å². The molecule has 0 saturated carbocycles. The van der Waals surface area contributed by atoms with Gasteiger partial charge in [0.25, 0.3) is 0 Å². The number of hydrogen-bond acceptors (Lipinski definition) is 3. The largest absolute Gasteiger partial charge is 0.378 e. The lowest BCUT2D eigenvalue weighted by molar-refractivity contribution is -0.0775. The fourth-order valence-corrected chi connectivity index (χ4v) is 3.02. The number of anilines is 1. The highest BCUT2D eigenvalue weighted by molar-refractivity contribution is 5.61. The molecule has 0 unspecified atom stereocenters. The molecule has 0 spiro atoms. The van der Waals surface area contributed by atoms with Crippen molar-refractivity contribution in [3.8, 4) is 11.8 Å². The molecule has 0 aliphatic carbocycles.